The van der Waals surface area contributed by atoms with Gasteiger partial charge in [0.25, 0.3) is 0 Å². The quantitative estimate of drug-likeness (QED) is 0.122. The van der Waals surface area contributed by atoms with Crippen molar-refractivity contribution in [1.29, 1.82) is 0 Å². The third-order valence-electron chi connectivity index (χ3n) is 9.38. The Labute approximate surface area is 281 Å². The maximum Gasteiger partial charge on any atom is 0.197 e. The van der Waals surface area contributed by atoms with Crippen molar-refractivity contribution in [2.75, 3.05) is 13.2 Å². The molecular formula is C32H38O18. The molecule has 0 saturated carbocycles. The Kier molecular flexibility index (Phi) is 10.1. The van der Waals surface area contributed by atoms with Gasteiger partial charge in [-0.25, -0.2) is 0 Å². The van der Waals surface area contributed by atoms with Crippen LogP contribution in [0.4, 0.5) is 0 Å². The highest BCUT2D eigenvalue weighted by molar-refractivity contribution is 5.92. The van der Waals surface area contributed by atoms with Crippen LogP contribution in [0.2, 0.25) is 0 Å². The van der Waals surface area contributed by atoms with E-state index < -0.39 is 138 Å². The van der Waals surface area contributed by atoms with E-state index in [1.165, 1.54) is 31.2 Å². The molecule has 2 aromatic carbocycles. The summed E-state index contributed by atoms with van der Waals surface area (Å²) in [5.74, 6) is -2.24. The van der Waals surface area contributed by atoms with Crippen LogP contribution >= 0.6 is 0 Å². The second-order valence-electron chi connectivity index (χ2n) is 12.6. The fraction of sp³-hybridized carbons (Fsp3) is 0.531. The van der Waals surface area contributed by atoms with Crippen molar-refractivity contribution >= 4 is 11.0 Å². The Balaban J connectivity index is 1.57. The van der Waals surface area contributed by atoms with Crippen LogP contribution in [0, 0.1) is 0 Å². The highest BCUT2D eigenvalue weighted by Crippen LogP contribution is 2.51. The van der Waals surface area contributed by atoms with Crippen LogP contribution < -0.4 is 5.43 Å². The standard InChI is InChI=1S/C32H38O18/c1-9-19(37)24(42)27(45)32(47-9)50-31-26(44)21(39)15(7-33)49-30(31)17-22(40)16-12(35)6-14(10-2-4-11(34)5-3-10)48-28(16)18(23(17)41)29-25(43)20(38)13(36)8-46-29/h2-6,9,13,15,19-21,24-27,29-34,36-45H,7-8H2,1H3. The van der Waals surface area contributed by atoms with E-state index >= 15 is 0 Å². The maximum absolute atomic E-state index is 13.8. The molecule has 4 heterocycles. The summed E-state index contributed by atoms with van der Waals surface area (Å²) >= 11 is 0. The van der Waals surface area contributed by atoms with Crippen LogP contribution in [-0.4, -0.2) is 148 Å². The van der Waals surface area contributed by atoms with E-state index in [9.17, 15) is 66.1 Å². The number of aromatic hydroxyl groups is 3. The first-order valence-electron chi connectivity index (χ1n) is 15.6. The molecule has 0 bridgehead atoms. The van der Waals surface area contributed by atoms with Crippen LogP contribution in [0.3, 0.4) is 0 Å². The molecule has 18 heteroatoms. The van der Waals surface area contributed by atoms with Crippen LogP contribution in [0.25, 0.3) is 22.3 Å². The SMILES string of the molecule is CC1OC(OC2C(c3c(O)c(C4OCC(O)C(O)C4O)c4oc(-c5ccc(O)cc5)cc(=O)c4c3O)OC(CO)C(O)C2O)C(O)C(O)C1O. The lowest BCUT2D eigenvalue weighted by Gasteiger charge is -2.46. The molecule has 274 valence electrons. The highest BCUT2D eigenvalue weighted by Gasteiger charge is 2.52. The van der Waals surface area contributed by atoms with Crippen molar-refractivity contribution in [2.24, 2.45) is 0 Å². The number of rotatable bonds is 6. The summed E-state index contributed by atoms with van der Waals surface area (Å²) in [6.45, 7) is -0.146. The summed E-state index contributed by atoms with van der Waals surface area (Å²) in [7, 11) is 0. The molecule has 50 heavy (non-hydrogen) atoms. The van der Waals surface area contributed by atoms with Crippen LogP contribution in [0.15, 0.2) is 39.5 Å². The molecule has 14 atom stereocenters. The fourth-order valence-electron chi connectivity index (χ4n) is 6.52. The first-order valence-corrected chi connectivity index (χ1v) is 15.6. The van der Waals surface area contributed by atoms with E-state index in [2.05, 4.69) is 0 Å². The lowest BCUT2D eigenvalue weighted by atomic mass is 9.85. The van der Waals surface area contributed by atoms with Crippen LogP contribution in [0.1, 0.15) is 30.3 Å². The number of aliphatic hydroxyl groups is 9. The van der Waals surface area contributed by atoms with Crippen LogP contribution in [-0.2, 0) is 18.9 Å². The Morgan fingerprint density at radius 1 is 0.760 bits per heavy atom. The average Bonchev–Trinajstić information content (AvgIpc) is 3.08. The van der Waals surface area contributed by atoms with E-state index in [4.69, 9.17) is 23.4 Å². The summed E-state index contributed by atoms with van der Waals surface area (Å²) in [6.07, 6.45) is -24.7. The van der Waals surface area contributed by atoms with Gasteiger partial charge in [0, 0.05) is 11.6 Å². The summed E-state index contributed by atoms with van der Waals surface area (Å²) in [6, 6.07) is 6.38. The van der Waals surface area contributed by atoms with E-state index in [0.29, 0.717) is 0 Å². The Bertz CT molecular complexity index is 1750. The number of benzene rings is 2. The minimum Gasteiger partial charge on any atom is -0.508 e. The highest BCUT2D eigenvalue weighted by atomic mass is 16.7. The van der Waals surface area contributed by atoms with Gasteiger partial charge in [0.1, 0.15) is 102 Å². The number of ether oxygens (including phenoxy) is 4. The number of aliphatic hydroxyl groups excluding tert-OH is 9. The summed E-state index contributed by atoms with van der Waals surface area (Å²) in [5, 5.41) is 128. The monoisotopic (exact) mass is 710 g/mol. The zero-order chi connectivity index (χ0) is 36.3. The zero-order valence-corrected chi connectivity index (χ0v) is 26.2. The van der Waals surface area contributed by atoms with Gasteiger partial charge in [-0.3, -0.25) is 4.79 Å². The molecule has 0 spiro atoms. The predicted octanol–water partition coefficient (Wildman–Crippen LogP) is -2.90. The summed E-state index contributed by atoms with van der Waals surface area (Å²) in [5.41, 5.74) is -2.47. The lowest BCUT2D eigenvalue weighted by Crippen LogP contribution is -2.61. The lowest BCUT2D eigenvalue weighted by molar-refractivity contribution is -0.338. The van der Waals surface area contributed by atoms with Gasteiger partial charge < -0.3 is 84.6 Å². The Hall–Kier alpha value is -3.47. The van der Waals surface area contributed by atoms with Crippen molar-refractivity contribution in [3.8, 4) is 28.6 Å². The van der Waals surface area contributed by atoms with Gasteiger partial charge in [-0.15, -0.1) is 0 Å². The maximum atomic E-state index is 13.8. The number of phenols is 3. The minimum absolute atomic E-state index is 0.104. The van der Waals surface area contributed by atoms with Crippen molar-refractivity contribution in [3.05, 3.63) is 51.7 Å². The van der Waals surface area contributed by atoms with E-state index in [1.54, 1.807) is 0 Å². The van der Waals surface area contributed by atoms with Gasteiger partial charge in [0.05, 0.1) is 30.4 Å². The molecular weight excluding hydrogens is 672 g/mol. The topological polar surface area (TPSA) is 310 Å². The van der Waals surface area contributed by atoms with Crippen molar-refractivity contribution in [2.45, 2.75) is 92.6 Å². The first kappa shape index (κ1) is 36.3. The Morgan fingerprint density at radius 3 is 2.10 bits per heavy atom. The van der Waals surface area contributed by atoms with Gasteiger partial charge in [0.15, 0.2) is 17.3 Å². The van der Waals surface area contributed by atoms with Gasteiger partial charge in [-0.1, -0.05) is 0 Å². The van der Waals surface area contributed by atoms with Crippen molar-refractivity contribution < 1.29 is 84.6 Å². The van der Waals surface area contributed by atoms with Crippen molar-refractivity contribution in [3.63, 3.8) is 0 Å². The predicted molar refractivity (Wildman–Crippen MR) is 164 cm³/mol. The zero-order valence-electron chi connectivity index (χ0n) is 26.2. The molecule has 3 fully saturated rings. The average molecular weight is 711 g/mol. The second-order valence-corrected chi connectivity index (χ2v) is 12.6. The third kappa shape index (κ3) is 6.11. The first-order chi connectivity index (χ1) is 23.7. The van der Waals surface area contributed by atoms with E-state index in [-0.39, 0.29) is 17.1 Å². The molecule has 0 aliphatic carbocycles. The molecule has 3 aromatic rings. The van der Waals surface area contributed by atoms with Gasteiger partial charge in [0.2, 0.25) is 0 Å². The molecule has 12 N–H and O–H groups in total. The molecule has 0 radical (unpaired) electrons. The molecule has 0 amide bonds. The molecule has 3 saturated heterocycles. The van der Waals surface area contributed by atoms with Gasteiger partial charge in [-0.05, 0) is 31.2 Å². The molecule has 3 aliphatic rings. The largest absolute Gasteiger partial charge is 0.508 e. The van der Waals surface area contributed by atoms with Crippen LogP contribution in [0.5, 0.6) is 17.2 Å². The summed E-state index contributed by atoms with van der Waals surface area (Å²) in [4.78, 5) is 13.8. The number of hydrogen-bond donors (Lipinski definition) is 12. The summed E-state index contributed by atoms with van der Waals surface area (Å²) < 4.78 is 28.7. The third-order valence-corrected chi connectivity index (χ3v) is 9.38. The minimum atomic E-state index is -2.03. The fourth-order valence-corrected chi connectivity index (χ4v) is 6.52. The number of fused-ring (bicyclic) bond motifs is 1. The normalized spacial score (nSPS) is 38.0. The molecule has 14 unspecified atom stereocenters. The number of phenolic OH excluding ortho intramolecular Hbond substituents is 3. The van der Waals surface area contributed by atoms with E-state index in [0.717, 1.165) is 6.07 Å². The Morgan fingerprint density at radius 2 is 1.44 bits per heavy atom. The van der Waals surface area contributed by atoms with Gasteiger partial charge >= 0.3 is 0 Å². The van der Waals surface area contributed by atoms with Crippen molar-refractivity contribution in [1.82, 2.24) is 0 Å². The smallest absolute Gasteiger partial charge is 0.197 e. The molecule has 6 rings (SSSR count). The molecule has 3 aliphatic heterocycles. The molecule has 1 aromatic heterocycles. The van der Waals surface area contributed by atoms with E-state index in [1.807, 2.05) is 0 Å². The van der Waals surface area contributed by atoms with Gasteiger partial charge in [-0.2, -0.15) is 0 Å². The number of hydrogen-bond acceptors (Lipinski definition) is 18. The second kappa shape index (κ2) is 13.9. The molecule has 18 nitrogen and oxygen atoms in total.